The molecule has 0 radical (unpaired) electrons. The molecule has 0 saturated carbocycles. The summed E-state index contributed by atoms with van der Waals surface area (Å²) in [6.07, 6.45) is 0. The number of nitrogens with one attached hydrogen (secondary N) is 2. The topological polar surface area (TPSA) is 90.7 Å². The second-order valence-corrected chi connectivity index (χ2v) is 6.17. The van der Waals surface area contributed by atoms with Gasteiger partial charge in [-0.2, -0.15) is 5.26 Å². The summed E-state index contributed by atoms with van der Waals surface area (Å²) in [5.74, 6) is -0.00382. The third-order valence-electron chi connectivity index (χ3n) is 3.95. The molecule has 0 spiro atoms. The van der Waals surface area contributed by atoms with Gasteiger partial charge in [-0.05, 0) is 37.6 Å². The lowest BCUT2D eigenvalue weighted by atomic mass is 10.1. The van der Waals surface area contributed by atoms with E-state index in [0.717, 1.165) is 5.56 Å². The number of rotatable bonds is 5. The van der Waals surface area contributed by atoms with E-state index in [9.17, 15) is 4.79 Å². The number of carbonyl (C=O) groups excluding carboxylic acids is 1. The Balaban J connectivity index is 1.75. The van der Waals surface area contributed by atoms with E-state index in [1.807, 2.05) is 31.2 Å². The predicted molar refractivity (Wildman–Crippen MR) is 104 cm³/mol. The molecule has 0 aliphatic heterocycles. The lowest BCUT2D eigenvalue weighted by Gasteiger charge is -2.10. The van der Waals surface area contributed by atoms with Gasteiger partial charge in [0.2, 0.25) is 5.95 Å². The van der Waals surface area contributed by atoms with Gasteiger partial charge in [-0.15, -0.1) is 0 Å². The van der Waals surface area contributed by atoms with E-state index in [4.69, 9.17) is 5.26 Å². The van der Waals surface area contributed by atoms with Crippen molar-refractivity contribution in [2.45, 2.75) is 20.4 Å². The van der Waals surface area contributed by atoms with Crippen molar-refractivity contribution in [2.24, 2.45) is 0 Å². The Morgan fingerprint density at radius 1 is 1.07 bits per heavy atom. The molecule has 6 heteroatoms. The van der Waals surface area contributed by atoms with E-state index in [0.29, 0.717) is 29.4 Å². The van der Waals surface area contributed by atoms with E-state index >= 15 is 0 Å². The molecule has 2 N–H and O–H groups in total. The first-order valence-corrected chi connectivity index (χ1v) is 8.51. The minimum absolute atomic E-state index is 0.238. The molecule has 0 unspecified atom stereocenters. The van der Waals surface area contributed by atoms with Crippen LogP contribution in [0.4, 0.5) is 11.6 Å². The number of carbonyl (C=O) groups is 1. The fourth-order valence-corrected chi connectivity index (χ4v) is 2.53. The van der Waals surface area contributed by atoms with Crippen molar-refractivity contribution < 1.29 is 4.79 Å². The molecule has 0 aliphatic carbocycles. The largest absolute Gasteiger partial charge is 0.350 e. The Kier molecular flexibility index (Phi) is 5.43. The monoisotopic (exact) mass is 357 g/mol. The van der Waals surface area contributed by atoms with Gasteiger partial charge < -0.3 is 10.6 Å². The van der Waals surface area contributed by atoms with Crippen molar-refractivity contribution >= 4 is 17.5 Å². The number of amides is 1. The van der Waals surface area contributed by atoms with Crippen molar-refractivity contribution in [2.75, 3.05) is 10.6 Å². The standard InChI is InChI=1S/C21H19N5O/c1-14-7-9-16(10-8-14)13-23-21-24-15(2)11-19(26-21)20(27)25-18-6-4-3-5-17(18)12-22/h3-11H,13H2,1-2H3,(H,25,27)(H,23,24,26). The molecule has 1 amide bonds. The number of aromatic nitrogens is 2. The van der Waals surface area contributed by atoms with Crippen LogP contribution >= 0.6 is 0 Å². The van der Waals surface area contributed by atoms with Crippen LogP contribution in [0.5, 0.6) is 0 Å². The summed E-state index contributed by atoms with van der Waals surface area (Å²) < 4.78 is 0. The van der Waals surface area contributed by atoms with Gasteiger partial charge in [-0.25, -0.2) is 9.97 Å². The summed E-state index contributed by atoms with van der Waals surface area (Å²) in [5, 5.41) is 15.0. The molecule has 1 aromatic heterocycles. The summed E-state index contributed by atoms with van der Waals surface area (Å²) in [6, 6.07) is 18.7. The summed E-state index contributed by atoms with van der Waals surface area (Å²) in [7, 11) is 0. The minimum Gasteiger partial charge on any atom is -0.350 e. The number of hydrogen-bond acceptors (Lipinski definition) is 5. The van der Waals surface area contributed by atoms with Gasteiger partial charge in [0.1, 0.15) is 11.8 Å². The number of para-hydroxylation sites is 1. The maximum Gasteiger partial charge on any atom is 0.274 e. The van der Waals surface area contributed by atoms with Gasteiger partial charge in [0.25, 0.3) is 5.91 Å². The zero-order valence-corrected chi connectivity index (χ0v) is 15.2. The molecule has 3 aromatic rings. The molecular weight excluding hydrogens is 338 g/mol. The molecule has 27 heavy (non-hydrogen) atoms. The van der Waals surface area contributed by atoms with Gasteiger partial charge in [0, 0.05) is 12.2 Å². The second kappa shape index (κ2) is 8.11. The maximum absolute atomic E-state index is 12.6. The Hall–Kier alpha value is -3.72. The SMILES string of the molecule is Cc1ccc(CNc2nc(C)cc(C(=O)Nc3ccccc3C#N)n2)cc1. The zero-order valence-electron chi connectivity index (χ0n) is 15.2. The Morgan fingerprint density at radius 3 is 2.56 bits per heavy atom. The van der Waals surface area contributed by atoms with Gasteiger partial charge in [-0.3, -0.25) is 4.79 Å². The van der Waals surface area contributed by atoms with Crippen LogP contribution in [0.3, 0.4) is 0 Å². The fourth-order valence-electron chi connectivity index (χ4n) is 2.53. The third kappa shape index (κ3) is 4.67. The van der Waals surface area contributed by atoms with Crippen molar-refractivity contribution in [3.8, 4) is 6.07 Å². The summed E-state index contributed by atoms with van der Waals surface area (Å²) >= 11 is 0. The predicted octanol–water partition coefficient (Wildman–Crippen LogP) is 3.83. The molecule has 0 atom stereocenters. The molecule has 3 rings (SSSR count). The van der Waals surface area contributed by atoms with Crippen LogP contribution in [0.15, 0.2) is 54.6 Å². The number of nitrogens with zero attached hydrogens (tertiary/aromatic N) is 3. The first-order chi connectivity index (χ1) is 13.0. The summed E-state index contributed by atoms with van der Waals surface area (Å²) in [4.78, 5) is 21.2. The molecule has 0 aliphatic rings. The maximum atomic E-state index is 12.6. The van der Waals surface area contributed by atoms with Crippen LogP contribution in [0.25, 0.3) is 0 Å². The van der Waals surface area contributed by atoms with Crippen LogP contribution in [0.2, 0.25) is 0 Å². The molecule has 0 saturated heterocycles. The molecule has 0 bridgehead atoms. The minimum atomic E-state index is -0.387. The molecule has 1 heterocycles. The molecular formula is C21H19N5O. The van der Waals surface area contributed by atoms with E-state index in [1.54, 1.807) is 37.3 Å². The van der Waals surface area contributed by atoms with E-state index < -0.39 is 0 Å². The Bertz CT molecular complexity index is 1010. The van der Waals surface area contributed by atoms with E-state index in [2.05, 4.69) is 26.7 Å². The van der Waals surface area contributed by atoms with E-state index in [1.165, 1.54) is 5.56 Å². The third-order valence-corrected chi connectivity index (χ3v) is 3.95. The number of anilines is 2. The lowest BCUT2D eigenvalue weighted by Crippen LogP contribution is -2.16. The number of hydrogen-bond donors (Lipinski definition) is 2. The molecule has 0 fully saturated rings. The summed E-state index contributed by atoms with van der Waals surface area (Å²) in [6.45, 7) is 4.40. The van der Waals surface area contributed by atoms with E-state index in [-0.39, 0.29) is 11.6 Å². The van der Waals surface area contributed by atoms with Crippen molar-refractivity contribution in [1.82, 2.24) is 9.97 Å². The molecule has 134 valence electrons. The molecule has 6 nitrogen and oxygen atoms in total. The average Bonchev–Trinajstić information content (AvgIpc) is 2.67. The lowest BCUT2D eigenvalue weighted by molar-refractivity contribution is 0.102. The van der Waals surface area contributed by atoms with Gasteiger partial charge in [0.05, 0.1) is 11.3 Å². The Labute approximate surface area is 157 Å². The highest BCUT2D eigenvalue weighted by atomic mass is 16.1. The summed E-state index contributed by atoms with van der Waals surface area (Å²) in [5.41, 5.74) is 4.06. The average molecular weight is 357 g/mol. The highest BCUT2D eigenvalue weighted by Crippen LogP contribution is 2.15. The number of aryl methyl sites for hydroxylation is 2. The highest BCUT2D eigenvalue weighted by Gasteiger charge is 2.12. The second-order valence-electron chi connectivity index (χ2n) is 6.17. The normalized spacial score (nSPS) is 10.1. The van der Waals surface area contributed by atoms with Crippen LogP contribution in [0.1, 0.15) is 32.9 Å². The van der Waals surface area contributed by atoms with Crippen molar-refractivity contribution in [3.63, 3.8) is 0 Å². The number of nitriles is 1. The van der Waals surface area contributed by atoms with Crippen molar-refractivity contribution in [3.05, 3.63) is 82.7 Å². The van der Waals surface area contributed by atoms with Crippen LogP contribution < -0.4 is 10.6 Å². The quantitative estimate of drug-likeness (QED) is 0.724. The molecule has 2 aromatic carbocycles. The van der Waals surface area contributed by atoms with Crippen LogP contribution in [0, 0.1) is 25.2 Å². The zero-order chi connectivity index (χ0) is 19.2. The fraction of sp³-hybridized carbons (Fsp3) is 0.143. The van der Waals surface area contributed by atoms with Gasteiger partial charge >= 0.3 is 0 Å². The first kappa shape index (κ1) is 18.1. The van der Waals surface area contributed by atoms with Gasteiger partial charge in [0.15, 0.2) is 0 Å². The number of benzene rings is 2. The van der Waals surface area contributed by atoms with Gasteiger partial charge in [-0.1, -0.05) is 42.0 Å². The van der Waals surface area contributed by atoms with Crippen LogP contribution in [-0.4, -0.2) is 15.9 Å². The highest BCUT2D eigenvalue weighted by molar-refractivity contribution is 6.03. The smallest absolute Gasteiger partial charge is 0.274 e. The Morgan fingerprint density at radius 2 is 1.81 bits per heavy atom. The first-order valence-electron chi connectivity index (χ1n) is 8.51. The van der Waals surface area contributed by atoms with Crippen molar-refractivity contribution in [1.29, 1.82) is 5.26 Å². The van der Waals surface area contributed by atoms with Crippen LogP contribution in [-0.2, 0) is 6.54 Å².